The first-order valence-corrected chi connectivity index (χ1v) is 7.48. The molecule has 0 fully saturated rings. The van der Waals surface area contributed by atoms with Gasteiger partial charge >= 0.3 is 12.1 Å². The van der Waals surface area contributed by atoms with E-state index in [0.717, 1.165) is 5.56 Å². The summed E-state index contributed by atoms with van der Waals surface area (Å²) in [5, 5.41) is 11.2. The topological polar surface area (TPSA) is 75.6 Å². The number of rotatable bonds is 5. The molecule has 0 aliphatic rings. The Balaban J connectivity index is 1.82. The van der Waals surface area contributed by atoms with Crippen LogP contribution < -0.4 is 5.32 Å². The van der Waals surface area contributed by atoms with Gasteiger partial charge in [-0.05, 0) is 23.8 Å². The fourth-order valence-electron chi connectivity index (χ4n) is 1.99. The third kappa shape index (κ3) is 6.36. The van der Waals surface area contributed by atoms with Gasteiger partial charge < -0.3 is 15.2 Å². The summed E-state index contributed by atoms with van der Waals surface area (Å²) in [4.78, 5) is 22.2. The highest BCUT2D eigenvalue weighted by molar-refractivity contribution is 5.70. The van der Waals surface area contributed by atoms with Gasteiger partial charge in [0.2, 0.25) is 0 Å². The summed E-state index contributed by atoms with van der Waals surface area (Å²) in [5.74, 6) is 3.73. The van der Waals surface area contributed by atoms with Gasteiger partial charge in [-0.2, -0.15) is 0 Å². The number of ether oxygens (including phenoxy) is 1. The lowest BCUT2D eigenvalue weighted by atomic mass is 10.1. The smallest absolute Gasteiger partial charge is 0.408 e. The van der Waals surface area contributed by atoms with Crippen LogP contribution in [-0.2, 0) is 22.6 Å². The Morgan fingerprint density at radius 2 is 1.92 bits per heavy atom. The Morgan fingerprint density at radius 1 is 1.16 bits per heavy atom. The molecule has 128 valence electrons. The van der Waals surface area contributed by atoms with Crippen molar-refractivity contribution in [3.8, 4) is 11.8 Å². The second kappa shape index (κ2) is 9.08. The van der Waals surface area contributed by atoms with E-state index in [9.17, 15) is 14.0 Å². The van der Waals surface area contributed by atoms with Crippen LogP contribution in [0, 0.1) is 17.7 Å². The monoisotopic (exact) mass is 341 g/mol. The maximum Gasteiger partial charge on any atom is 0.408 e. The van der Waals surface area contributed by atoms with Crippen molar-refractivity contribution in [1.29, 1.82) is 0 Å². The summed E-state index contributed by atoms with van der Waals surface area (Å²) in [7, 11) is 0. The highest BCUT2D eigenvalue weighted by atomic mass is 19.1. The molecule has 0 bridgehead atoms. The SMILES string of the molecule is O=C(O)Cc1cc(C#CCNC(=O)OCc2ccccc2)ccc1F. The predicted octanol–water partition coefficient (Wildman–Crippen LogP) is 2.73. The number of amides is 1. The number of carbonyl (C=O) groups is 2. The molecule has 0 aliphatic carbocycles. The molecule has 2 aromatic carbocycles. The average Bonchev–Trinajstić information content (AvgIpc) is 2.60. The molecule has 0 aliphatic heterocycles. The number of alkyl carbamates (subject to hydrolysis) is 1. The van der Waals surface area contributed by atoms with E-state index in [1.165, 1.54) is 18.2 Å². The minimum Gasteiger partial charge on any atom is -0.481 e. The van der Waals surface area contributed by atoms with Crippen LogP contribution in [0.4, 0.5) is 9.18 Å². The Labute approximate surface area is 144 Å². The molecule has 0 saturated heterocycles. The van der Waals surface area contributed by atoms with Crippen LogP contribution >= 0.6 is 0 Å². The number of carbonyl (C=O) groups excluding carboxylic acids is 1. The summed E-state index contributed by atoms with van der Waals surface area (Å²) in [6, 6.07) is 13.3. The first-order chi connectivity index (χ1) is 12.0. The van der Waals surface area contributed by atoms with E-state index in [2.05, 4.69) is 17.2 Å². The van der Waals surface area contributed by atoms with E-state index in [4.69, 9.17) is 9.84 Å². The molecule has 2 aromatic rings. The number of aliphatic carboxylic acids is 1. The van der Waals surface area contributed by atoms with Crippen molar-refractivity contribution in [2.45, 2.75) is 13.0 Å². The number of hydrogen-bond acceptors (Lipinski definition) is 3. The highest BCUT2D eigenvalue weighted by Gasteiger charge is 2.07. The number of halogens is 1. The van der Waals surface area contributed by atoms with Gasteiger partial charge in [-0.15, -0.1) is 0 Å². The second-order valence-corrected chi connectivity index (χ2v) is 5.09. The van der Waals surface area contributed by atoms with Gasteiger partial charge in [0.25, 0.3) is 0 Å². The van der Waals surface area contributed by atoms with Crippen LogP contribution in [0.15, 0.2) is 48.5 Å². The highest BCUT2D eigenvalue weighted by Crippen LogP contribution is 2.10. The number of nitrogens with one attached hydrogen (secondary N) is 1. The average molecular weight is 341 g/mol. The molecule has 0 radical (unpaired) electrons. The van der Waals surface area contributed by atoms with Crippen molar-refractivity contribution in [2.75, 3.05) is 6.54 Å². The fraction of sp³-hybridized carbons (Fsp3) is 0.158. The lowest BCUT2D eigenvalue weighted by Gasteiger charge is -2.04. The molecule has 0 spiro atoms. The van der Waals surface area contributed by atoms with Crippen molar-refractivity contribution in [3.05, 3.63) is 71.0 Å². The van der Waals surface area contributed by atoms with Crippen molar-refractivity contribution in [3.63, 3.8) is 0 Å². The molecule has 0 unspecified atom stereocenters. The summed E-state index contributed by atoms with van der Waals surface area (Å²) >= 11 is 0. The summed E-state index contributed by atoms with van der Waals surface area (Å²) in [6.45, 7) is 0.218. The Hall–Kier alpha value is -3.33. The summed E-state index contributed by atoms with van der Waals surface area (Å²) in [5.41, 5.74) is 1.41. The van der Waals surface area contributed by atoms with Crippen LogP contribution in [0.2, 0.25) is 0 Å². The largest absolute Gasteiger partial charge is 0.481 e. The quantitative estimate of drug-likeness (QED) is 0.820. The maximum absolute atomic E-state index is 13.5. The van der Waals surface area contributed by atoms with Crippen LogP contribution in [0.25, 0.3) is 0 Å². The van der Waals surface area contributed by atoms with Crippen LogP contribution in [0.1, 0.15) is 16.7 Å². The lowest BCUT2D eigenvalue weighted by molar-refractivity contribution is -0.136. The minimum absolute atomic E-state index is 0.0548. The molecular weight excluding hydrogens is 325 g/mol. The van der Waals surface area contributed by atoms with E-state index in [0.29, 0.717) is 5.56 Å². The van der Waals surface area contributed by atoms with Gasteiger partial charge in [0.05, 0.1) is 13.0 Å². The number of carboxylic acids is 1. The minimum atomic E-state index is -1.12. The molecule has 0 saturated carbocycles. The molecule has 2 rings (SSSR count). The molecular formula is C19H16FNO4. The summed E-state index contributed by atoms with van der Waals surface area (Å²) < 4.78 is 18.5. The van der Waals surface area contributed by atoms with Gasteiger partial charge in [0.1, 0.15) is 12.4 Å². The molecule has 0 aromatic heterocycles. The van der Waals surface area contributed by atoms with Crippen molar-refractivity contribution in [1.82, 2.24) is 5.32 Å². The van der Waals surface area contributed by atoms with Crippen molar-refractivity contribution >= 4 is 12.1 Å². The standard InChI is InChI=1S/C19H16FNO4/c20-17-9-8-14(11-16(17)12-18(22)23)7-4-10-21-19(24)25-13-15-5-2-1-3-6-15/h1-3,5-6,8-9,11H,10,12-13H2,(H,21,24)(H,22,23). The van der Waals surface area contributed by atoms with Gasteiger partial charge in [-0.1, -0.05) is 42.2 Å². The maximum atomic E-state index is 13.5. The normalized spacial score (nSPS) is 9.64. The first kappa shape index (κ1) is 18.0. The van der Waals surface area contributed by atoms with E-state index < -0.39 is 24.3 Å². The van der Waals surface area contributed by atoms with Gasteiger partial charge in [0, 0.05) is 11.1 Å². The molecule has 5 nitrogen and oxygen atoms in total. The zero-order valence-electron chi connectivity index (χ0n) is 13.3. The number of hydrogen-bond donors (Lipinski definition) is 2. The molecule has 0 heterocycles. The second-order valence-electron chi connectivity index (χ2n) is 5.09. The Kier molecular flexibility index (Phi) is 6.55. The van der Waals surface area contributed by atoms with E-state index >= 15 is 0 Å². The lowest BCUT2D eigenvalue weighted by Crippen LogP contribution is -2.24. The third-order valence-corrected chi connectivity index (χ3v) is 3.15. The predicted molar refractivity (Wildman–Crippen MR) is 89.2 cm³/mol. The van der Waals surface area contributed by atoms with E-state index in [-0.39, 0.29) is 18.7 Å². The molecule has 0 atom stereocenters. The Bertz CT molecular complexity index is 809. The zero-order chi connectivity index (χ0) is 18.1. The molecule has 6 heteroatoms. The van der Waals surface area contributed by atoms with Crippen molar-refractivity contribution < 1.29 is 23.8 Å². The van der Waals surface area contributed by atoms with Gasteiger partial charge in [0.15, 0.2) is 0 Å². The van der Waals surface area contributed by atoms with Gasteiger partial charge in [-0.25, -0.2) is 9.18 Å². The molecule has 2 N–H and O–H groups in total. The van der Waals surface area contributed by atoms with E-state index in [1.807, 2.05) is 30.3 Å². The molecule has 25 heavy (non-hydrogen) atoms. The van der Waals surface area contributed by atoms with Crippen molar-refractivity contribution in [2.24, 2.45) is 0 Å². The fourth-order valence-corrected chi connectivity index (χ4v) is 1.99. The zero-order valence-corrected chi connectivity index (χ0v) is 13.3. The Morgan fingerprint density at radius 3 is 2.64 bits per heavy atom. The first-order valence-electron chi connectivity index (χ1n) is 7.48. The number of benzene rings is 2. The van der Waals surface area contributed by atoms with Crippen LogP contribution in [0.5, 0.6) is 0 Å². The van der Waals surface area contributed by atoms with Gasteiger partial charge in [-0.3, -0.25) is 4.79 Å². The van der Waals surface area contributed by atoms with Crippen LogP contribution in [0.3, 0.4) is 0 Å². The summed E-state index contributed by atoms with van der Waals surface area (Å²) in [6.07, 6.45) is -1.00. The van der Waals surface area contributed by atoms with E-state index in [1.54, 1.807) is 0 Å². The van der Waals surface area contributed by atoms with Crippen LogP contribution in [-0.4, -0.2) is 23.7 Å². The number of carboxylic acid groups (broad SMARTS) is 1. The third-order valence-electron chi connectivity index (χ3n) is 3.15. The molecule has 1 amide bonds.